The number of benzene rings is 2. The first-order valence-electron chi connectivity index (χ1n) is 9.05. The molecule has 1 amide bonds. The van der Waals surface area contributed by atoms with Gasteiger partial charge in [0.2, 0.25) is 5.91 Å². The van der Waals surface area contributed by atoms with Crippen LogP contribution in [0.25, 0.3) is 0 Å². The molecule has 0 aliphatic rings. The summed E-state index contributed by atoms with van der Waals surface area (Å²) in [6.45, 7) is 2.06. The number of amides is 1. The molecule has 0 aliphatic carbocycles. The Bertz CT molecular complexity index is 772. The van der Waals surface area contributed by atoms with Crippen molar-refractivity contribution < 1.29 is 14.3 Å². The number of hydrogen-bond donors (Lipinski definition) is 1. The van der Waals surface area contributed by atoms with Gasteiger partial charge < -0.3 is 15.0 Å². The summed E-state index contributed by atoms with van der Waals surface area (Å²) in [5.41, 5.74) is 2.53. The molecule has 2 aromatic carbocycles. The molecule has 5 nitrogen and oxygen atoms in total. The Morgan fingerprint density at radius 2 is 1.81 bits per heavy atom. The summed E-state index contributed by atoms with van der Waals surface area (Å²) in [5.74, 6) is 0.493. The summed E-state index contributed by atoms with van der Waals surface area (Å²) in [4.78, 5) is 26.2. The van der Waals surface area contributed by atoms with Crippen LogP contribution < -0.4 is 10.1 Å². The number of methoxy groups -OCH3 is 1. The minimum atomic E-state index is -0.0890. The van der Waals surface area contributed by atoms with Crippen LogP contribution in [-0.4, -0.2) is 50.4 Å². The van der Waals surface area contributed by atoms with E-state index < -0.39 is 0 Å². The molecule has 0 radical (unpaired) electrons. The smallest absolute Gasteiger partial charge is 0.224 e. The van der Waals surface area contributed by atoms with E-state index >= 15 is 0 Å². The molecule has 0 heterocycles. The summed E-state index contributed by atoms with van der Waals surface area (Å²) in [7, 11) is 5.59. The predicted octanol–water partition coefficient (Wildman–Crippen LogP) is 2.73. The molecule has 0 spiro atoms. The van der Waals surface area contributed by atoms with E-state index in [0.717, 1.165) is 6.42 Å². The fourth-order valence-corrected chi connectivity index (χ4v) is 2.93. The number of Topliss-reactive ketones (excluding diaryl/α,β-unsaturated/α-hetero) is 1. The Balaban J connectivity index is 2.00. The molecule has 0 saturated heterocycles. The molecule has 144 valence electrons. The molecule has 0 bridgehead atoms. The van der Waals surface area contributed by atoms with Gasteiger partial charge in [0, 0.05) is 23.7 Å². The minimum absolute atomic E-state index is 0.0326. The SMILES string of the molecule is COc1ccc(C(C)=O)cc1CC(=O)NCC(Cc1ccccc1)N(C)C. The molecule has 1 unspecified atom stereocenters. The Hall–Kier alpha value is -2.66. The van der Waals surface area contributed by atoms with Crippen molar-refractivity contribution in [3.8, 4) is 5.75 Å². The Morgan fingerprint density at radius 3 is 2.41 bits per heavy atom. The normalized spacial score (nSPS) is 11.9. The van der Waals surface area contributed by atoms with E-state index in [1.54, 1.807) is 25.3 Å². The lowest BCUT2D eigenvalue weighted by molar-refractivity contribution is -0.120. The third-order valence-corrected chi connectivity index (χ3v) is 4.62. The molecule has 1 atom stereocenters. The lowest BCUT2D eigenvalue weighted by Crippen LogP contribution is -2.42. The second kappa shape index (κ2) is 9.88. The van der Waals surface area contributed by atoms with Crippen molar-refractivity contribution in [2.45, 2.75) is 25.8 Å². The van der Waals surface area contributed by atoms with Gasteiger partial charge in [-0.3, -0.25) is 9.59 Å². The first-order chi connectivity index (χ1) is 12.9. The minimum Gasteiger partial charge on any atom is -0.496 e. The van der Waals surface area contributed by atoms with Crippen LogP contribution in [0, 0.1) is 0 Å². The maximum Gasteiger partial charge on any atom is 0.224 e. The lowest BCUT2D eigenvalue weighted by atomic mass is 10.0. The van der Waals surface area contributed by atoms with Crippen molar-refractivity contribution in [2.75, 3.05) is 27.7 Å². The topological polar surface area (TPSA) is 58.6 Å². The highest BCUT2D eigenvalue weighted by molar-refractivity contribution is 5.94. The van der Waals surface area contributed by atoms with Gasteiger partial charge in [0.1, 0.15) is 5.75 Å². The molecule has 0 aromatic heterocycles. The van der Waals surface area contributed by atoms with Gasteiger partial charge in [0.05, 0.1) is 13.5 Å². The van der Waals surface area contributed by atoms with Gasteiger partial charge in [-0.15, -0.1) is 0 Å². The van der Waals surface area contributed by atoms with Crippen LogP contribution in [0.3, 0.4) is 0 Å². The molecule has 2 rings (SSSR count). The van der Waals surface area contributed by atoms with Gasteiger partial charge in [-0.2, -0.15) is 0 Å². The lowest BCUT2D eigenvalue weighted by Gasteiger charge is -2.25. The Morgan fingerprint density at radius 1 is 1.11 bits per heavy atom. The van der Waals surface area contributed by atoms with Crippen molar-refractivity contribution in [1.82, 2.24) is 10.2 Å². The maximum atomic E-state index is 12.5. The predicted molar refractivity (Wildman–Crippen MR) is 107 cm³/mol. The van der Waals surface area contributed by atoms with Crippen LogP contribution in [0.2, 0.25) is 0 Å². The van der Waals surface area contributed by atoms with E-state index in [9.17, 15) is 9.59 Å². The fourth-order valence-electron chi connectivity index (χ4n) is 2.93. The van der Waals surface area contributed by atoms with Crippen LogP contribution in [-0.2, 0) is 17.6 Å². The highest BCUT2D eigenvalue weighted by atomic mass is 16.5. The van der Waals surface area contributed by atoms with Gasteiger partial charge in [0.15, 0.2) is 5.78 Å². The maximum absolute atomic E-state index is 12.5. The van der Waals surface area contributed by atoms with E-state index in [2.05, 4.69) is 22.3 Å². The number of likely N-dealkylation sites (N-methyl/N-ethyl adjacent to an activating group) is 1. The number of nitrogens with one attached hydrogen (secondary N) is 1. The fraction of sp³-hybridized carbons (Fsp3) is 0.364. The average Bonchev–Trinajstić information content (AvgIpc) is 2.65. The van der Waals surface area contributed by atoms with Gasteiger partial charge in [-0.25, -0.2) is 0 Å². The second-order valence-electron chi connectivity index (χ2n) is 6.87. The van der Waals surface area contributed by atoms with Crippen LogP contribution in [0.5, 0.6) is 5.75 Å². The zero-order chi connectivity index (χ0) is 19.8. The van der Waals surface area contributed by atoms with Crippen molar-refractivity contribution in [2.24, 2.45) is 0 Å². The third-order valence-electron chi connectivity index (χ3n) is 4.62. The molecule has 2 aromatic rings. The molecular weight excluding hydrogens is 340 g/mol. The Kier molecular flexibility index (Phi) is 7.55. The van der Waals surface area contributed by atoms with Gasteiger partial charge >= 0.3 is 0 Å². The van der Waals surface area contributed by atoms with Crippen molar-refractivity contribution in [1.29, 1.82) is 0 Å². The van der Waals surface area contributed by atoms with Crippen LogP contribution in [0.1, 0.15) is 28.4 Å². The number of nitrogens with zero attached hydrogens (tertiary/aromatic N) is 1. The summed E-state index contributed by atoms with van der Waals surface area (Å²) in [6, 6.07) is 15.6. The zero-order valence-electron chi connectivity index (χ0n) is 16.5. The number of carbonyl (C=O) groups excluding carboxylic acids is 2. The molecular formula is C22H28N2O3. The monoisotopic (exact) mass is 368 g/mol. The first-order valence-corrected chi connectivity index (χ1v) is 9.05. The molecule has 0 fully saturated rings. The van der Waals surface area contributed by atoms with Crippen molar-refractivity contribution in [3.05, 3.63) is 65.2 Å². The summed E-state index contributed by atoms with van der Waals surface area (Å²) < 4.78 is 5.32. The van der Waals surface area contributed by atoms with E-state index in [-0.39, 0.29) is 24.2 Å². The van der Waals surface area contributed by atoms with Crippen molar-refractivity contribution >= 4 is 11.7 Å². The summed E-state index contributed by atoms with van der Waals surface area (Å²) in [6.07, 6.45) is 1.03. The standard InChI is InChI=1S/C22H28N2O3/c1-16(25)18-10-11-21(27-4)19(13-18)14-22(26)23-15-20(24(2)3)12-17-8-6-5-7-9-17/h5-11,13,20H,12,14-15H2,1-4H3,(H,23,26). The molecule has 27 heavy (non-hydrogen) atoms. The average molecular weight is 368 g/mol. The molecule has 5 heteroatoms. The number of hydrogen-bond acceptors (Lipinski definition) is 4. The second-order valence-corrected chi connectivity index (χ2v) is 6.87. The van der Waals surface area contributed by atoms with Crippen LogP contribution in [0.15, 0.2) is 48.5 Å². The third kappa shape index (κ3) is 6.22. The number of carbonyl (C=O) groups is 2. The zero-order valence-corrected chi connectivity index (χ0v) is 16.5. The van der Waals surface area contributed by atoms with Gasteiger partial charge in [0.25, 0.3) is 0 Å². The summed E-state index contributed by atoms with van der Waals surface area (Å²) in [5, 5.41) is 3.01. The molecule has 0 aliphatic heterocycles. The van der Waals surface area contributed by atoms with E-state index in [4.69, 9.17) is 4.74 Å². The van der Waals surface area contributed by atoms with E-state index in [0.29, 0.717) is 23.4 Å². The van der Waals surface area contributed by atoms with E-state index in [1.165, 1.54) is 12.5 Å². The highest BCUT2D eigenvalue weighted by Gasteiger charge is 2.16. The van der Waals surface area contributed by atoms with Crippen LogP contribution in [0.4, 0.5) is 0 Å². The first kappa shape index (κ1) is 20.6. The number of ether oxygens (including phenoxy) is 1. The van der Waals surface area contributed by atoms with Gasteiger partial charge in [-0.05, 0) is 51.2 Å². The molecule has 0 saturated carbocycles. The van der Waals surface area contributed by atoms with Crippen LogP contribution >= 0.6 is 0 Å². The highest BCUT2D eigenvalue weighted by Crippen LogP contribution is 2.21. The molecule has 1 N–H and O–H groups in total. The Labute approximate surface area is 161 Å². The number of rotatable bonds is 9. The largest absolute Gasteiger partial charge is 0.496 e. The summed E-state index contributed by atoms with van der Waals surface area (Å²) >= 11 is 0. The van der Waals surface area contributed by atoms with Gasteiger partial charge in [-0.1, -0.05) is 30.3 Å². The van der Waals surface area contributed by atoms with E-state index in [1.807, 2.05) is 32.3 Å². The quantitative estimate of drug-likeness (QED) is 0.692. The van der Waals surface area contributed by atoms with Crippen molar-refractivity contribution in [3.63, 3.8) is 0 Å². The number of ketones is 1.